The number of hydrogen-bond donors (Lipinski definition) is 0. The summed E-state index contributed by atoms with van der Waals surface area (Å²) in [6.07, 6.45) is 4.74. The Hall–Kier alpha value is -3.18. The fourth-order valence-electron chi connectivity index (χ4n) is 3.81. The third-order valence-electron chi connectivity index (χ3n) is 5.38. The minimum absolute atomic E-state index is 0.871. The van der Waals surface area contributed by atoms with Gasteiger partial charge in [-0.3, -0.25) is 9.58 Å². The maximum atomic E-state index is 5.66. The summed E-state index contributed by atoms with van der Waals surface area (Å²) in [5, 5.41) is 8.69. The van der Waals surface area contributed by atoms with Gasteiger partial charge in [0.2, 0.25) is 0 Å². The topological polar surface area (TPSA) is 47.1 Å². The van der Waals surface area contributed by atoms with Crippen LogP contribution in [0.4, 0.5) is 0 Å². The lowest BCUT2D eigenvalue weighted by molar-refractivity contribution is 0.225. The summed E-state index contributed by atoms with van der Waals surface area (Å²) in [4.78, 5) is 2.45. The van der Waals surface area contributed by atoms with Crippen LogP contribution in [0.2, 0.25) is 0 Å². The molecule has 1 aliphatic rings. The largest absolute Gasteiger partial charge is 0.360 e. The molecule has 2 aromatic carbocycles. The average Bonchev–Trinajstić information content (AvgIpc) is 3.43. The Morgan fingerprint density at radius 3 is 2.43 bits per heavy atom. The highest BCUT2D eigenvalue weighted by molar-refractivity contribution is 5.70. The third kappa shape index (κ3) is 3.37. The van der Waals surface area contributed by atoms with Crippen molar-refractivity contribution in [3.05, 3.63) is 84.4 Å². The van der Waals surface area contributed by atoms with Gasteiger partial charge in [-0.05, 0) is 17.2 Å². The number of nitrogens with zero attached hydrogens (tertiary/aromatic N) is 4. The second-order valence-corrected chi connectivity index (χ2v) is 7.17. The van der Waals surface area contributed by atoms with Gasteiger partial charge in [-0.25, -0.2) is 0 Å². The van der Waals surface area contributed by atoms with Crippen LogP contribution in [0.15, 0.2) is 77.6 Å². The van der Waals surface area contributed by atoms with Gasteiger partial charge in [0.25, 0.3) is 0 Å². The zero-order chi connectivity index (χ0) is 18.8. The fraction of sp³-hybridized carbons (Fsp3) is 0.217. The van der Waals surface area contributed by atoms with E-state index in [0.717, 1.165) is 49.6 Å². The van der Waals surface area contributed by atoms with E-state index in [1.807, 2.05) is 29.2 Å². The van der Waals surface area contributed by atoms with Gasteiger partial charge in [0, 0.05) is 49.6 Å². The lowest BCUT2D eigenvalue weighted by atomic mass is 9.99. The van der Waals surface area contributed by atoms with Crippen molar-refractivity contribution in [3.8, 4) is 22.4 Å². The van der Waals surface area contributed by atoms with Crippen LogP contribution in [0.5, 0.6) is 0 Å². The van der Waals surface area contributed by atoms with E-state index in [-0.39, 0.29) is 0 Å². The van der Waals surface area contributed by atoms with Crippen LogP contribution in [0.25, 0.3) is 22.4 Å². The van der Waals surface area contributed by atoms with Crippen molar-refractivity contribution < 1.29 is 4.52 Å². The van der Waals surface area contributed by atoms with Gasteiger partial charge in [0.05, 0.1) is 6.54 Å². The average molecular weight is 370 g/mol. The molecule has 0 radical (unpaired) electrons. The summed E-state index contributed by atoms with van der Waals surface area (Å²) in [5.41, 5.74) is 5.74. The molecule has 3 heterocycles. The van der Waals surface area contributed by atoms with Crippen molar-refractivity contribution in [2.45, 2.75) is 19.5 Å². The first-order valence-corrected chi connectivity index (χ1v) is 9.70. The number of aromatic nitrogens is 3. The third-order valence-corrected chi connectivity index (χ3v) is 5.38. The summed E-state index contributed by atoms with van der Waals surface area (Å²) >= 11 is 0. The Labute approximate surface area is 164 Å². The van der Waals surface area contributed by atoms with Gasteiger partial charge < -0.3 is 4.52 Å². The van der Waals surface area contributed by atoms with Gasteiger partial charge in [0.15, 0.2) is 0 Å². The predicted molar refractivity (Wildman–Crippen MR) is 109 cm³/mol. The second kappa shape index (κ2) is 7.44. The summed E-state index contributed by atoms with van der Waals surface area (Å²) < 4.78 is 7.64. The quantitative estimate of drug-likeness (QED) is 0.527. The van der Waals surface area contributed by atoms with Crippen LogP contribution >= 0.6 is 0 Å². The summed E-state index contributed by atoms with van der Waals surface area (Å²) in [6, 6.07) is 21.0. The van der Waals surface area contributed by atoms with Crippen molar-refractivity contribution in [2.75, 3.05) is 13.1 Å². The number of fused-ring (bicyclic) bond motifs is 1. The number of hydrogen-bond acceptors (Lipinski definition) is 4. The minimum Gasteiger partial charge on any atom is -0.360 e. The van der Waals surface area contributed by atoms with Crippen molar-refractivity contribution in [1.82, 2.24) is 19.8 Å². The first-order valence-electron chi connectivity index (χ1n) is 9.70. The van der Waals surface area contributed by atoms with Gasteiger partial charge in [-0.15, -0.1) is 0 Å². The maximum Gasteiger partial charge on any atom is 0.143 e. The molecule has 4 aromatic rings. The Balaban J connectivity index is 1.34. The van der Waals surface area contributed by atoms with Crippen LogP contribution in [-0.2, 0) is 19.5 Å². The van der Waals surface area contributed by atoms with E-state index in [1.165, 1.54) is 16.7 Å². The molecule has 5 heteroatoms. The van der Waals surface area contributed by atoms with E-state index in [2.05, 4.69) is 63.7 Å². The SMILES string of the molecule is c1ccc(-c2ccc(-c3noc4c3CN(CCn3cccn3)CC4)cc2)cc1. The molecular weight excluding hydrogens is 348 g/mol. The van der Waals surface area contributed by atoms with Crippen molar-refractivity contribution in [3.63, 3.8) is 0 Å². The standard InChI is InChI=1S/C23H22N4O/c1-2-5-18(6-3-1)19-7-9-20(10-8-19)23-21-17-26(14-11-22(21)28-25-23)15-16-27-13-4-12-24-27/h1-10,12-13H,11,14-17H2. The van der Waals surface area contributed by atoms with Gasteiger partial charge in [0.1, 0.15) is 11.5 Å². The van der Waals surface area contributed by atoms with Crippen LogP contribution in [-0.4, -0.2) is 32.9 Å². The molecule has 2 aromatic heterocycles. The molecule has 0 bridgehead atoms. The second-order valence-electron chi connectivity index (χ2n) is 7.17. The normalized spacial score (nSPS) is 14.1. The summed E-state index contributed by atoms with van der Waals surface area (Å²) in [5.74, 6) is 1.03. The monoisotopic (exact) mass is 370 g/mol. The van der Waals surface area contributed by atoms with Crippen molar-refractivity contribution in [1.29, 1.82) is 0 Å². The Morgan fingerprint density at radius 2 is 1.64 bits per heavy atom. The molecule has 0 aliphatic carbocycles. The molecule has 0 unspecified atom stereocenters. The molecule has 0 fully saturated rings. The van der Waals surface area contributed by atoms with Crippen LogP contribution < -0.4 is 0 Å². The Bertz CT molecular complexity index is 1040. The first kappa shape index (κ1) is 17.0. The van der Waals surface area contributed by atoms with E-state index < -0.39 is 0 Å². The van der Waals surface area contributed by atoms with Crippen LogP contribution in [0.3, 0.4) is 0 Å². The molecular formula is C23H22N4O. The molecule has 0 N–H and O–H groups in total. The smallest absolute Gasteiger partial charge is 0.143 e. The van der Waals surface area contributed by atoms with Gasteiger partial charge in [-0.2, -0.15) is 5.10 Å². The molecule has 0 spiro atoms. The summed E-state index contributed by atoms with van der Waals surface area (Å²) in [6.45, 7) is 3.74. The number of rotatable bonds is 5. The van der Waals surface area contributed by atoms with Crippen LogP contribution in [0.1, 0.15) is 11.3 Å². The molecule has 140 valence electrons. The number of benzene rings is 2. The zero-order valence-corrected chi connectivity index (χ0v) is 15.7. The lowest BCUT2D eigenvalue weighted by Gasteiger charge is -2.25. The first-order chi connectivity index (χ1) is 13.9. The minimum atomic E-state index is 0.871. The summed E-state index contributed by atoms with van der Waals surface area (Å²) in [7, 11) is 0. The highest BCUT2D eigenvalue weighted by atomic mass is 16.5. The van der Waals surface area contributed by atoms with E-state index in [0.29, 0.717) is 0 Å². The van der Waals surface area contributed by atoms with Gasteiger partial charge >= 0.3 is 0 Å². The van der Waals surface area contributed by atoms with Crippen molar-refractivity contribution in [2.24, 2.45) is 0 Å². The molecule has 0 atom stereocenters. The molecule has 28 heavy (non-hydrogen) atoms. The molecule has 1 aliphatic heterocycles. The Kier molecular flexibility index (Phi) is 4.51. The molecule has 0 saturated heterocycles. The molecule has 0 amide bonds. The molecule has 5 nitrogen and oxygen atoms in total. The maximum absolute atomic E-state index is 5.66. The van der Waals surface area contributed by atoms with E-state index >= 15 is 0 Å². The van der Waals surface area contributed by atoms with Crippen molar-refractivity contribution >= 4 is 0 Å². The highest BCUT2D eigenvalue weighted by Crippen LogP contribution is 2.31. The van der Waals surface area contributed by atoms with Gasteiger partial charge in [-0.1, -0.05) is 59.8 Å². The molecule has 5 rings (SSSR count). The molecule has 0 saturated carbocycles. The highest BCUT2D eigenvalue weighted by Gasteiger charge is 2.24. The fourth-order valence-corrected chi connectivity index (χ4v) is 3.81. The van der Waals surface area contributed by atoms with E-state index in [4.69, 9.17) is 4.52 Å². The van der Waals surface area contributed by atoms with E-state index in [9.17, 15) is 0 Å². The zero-order valence-electron chi connectivity index (χ0n) is 15.7. The van der Waals surface area contributed by atoms with Crippen LogP contribution in [0, 0.1) is 0 Å². The van der Waals surface area contributed by atoms with E-state index in [1.54, 1.807) is 0 Å². The lowest BCUT2D eigenvalue weighted by Crippen LogP contribution is -2.33. The Morgan fingerprint density at radius 1 is 0.857 bits per heavy atom. The predicted octanol–water partition coefficient (Wildman–Crippen LogP) is 4.26.